The molecule has 0 atom stereocenters. The summed E-state index contributed by atoms with van der Waals surface area (Å²) in [5.74, 6) is -0.350. The molecule has 2 fully saturated rings. The number of aromatic nitrogens is 2. The van der Waals surface area contributed by atoms with Crippen LogP contribution in [0.2, 0.25) is 0 Å². The summed E-state index contributed by atoms with van der Waals surface area (Å²) in [4.78, 5) is 14.8. The molecule has 0 radical (unpaired) electrons. The van der Waals surface area contributed by atoms with E-state index in [0.717, 1.165) is 38.2 Å². The number of benzene rings is 1. The molecule has 1 amide bonds. The maximum atomic E-state index is 13.0. The van der Waals surface area contributed by atoms with E-state index < -0.39 is 12.1 Å². The molecule has 4 rings (SSSR count). The molecule has 1 saturated carbocycles. The number of carbonyl (C=O) groups is 1. The second-order valence-corrected chi connectivity index (χ2v) is 8.52. The summed E-state index contributed by atoms with van der Waals surface area (Å²) in [5.41, 5.74) is 1.76. The number of ether oxygens (including phenoxy) is 3. The molecule has 1 aliphatic heterocycles. The van der Waals surface area contributed by atoms with Crippen LogP contribution in [0.3, 0.4) is 0 Å². The van der Waals surface area contributed by atoms with Crippen LogP contribution in [0.5, 0.6) is 11.5 Å². The van der Waals surface area contributed by atoms with Gasteiger partial charge in [-0.15, -0.1) is 13.2 Å². The van der Waals surface area contributed by atoms with Crippen LogP contribution in [0.25, 0.3) is 0 Å². The first-order valence-electron chi connectivity index (χ1n) is 11.4. The summed E-state index contributed by atoms with van der Waals surface area (Å²) in [7, 11) is 1.70. The van der Waals surface area contributed by atoms with Crippen molar-refractivity contribution in [2.75, 3.05) is 39.5 Å². The van der Waals surface area contributed by atoms with Crippen LogP contribution in [0, 0.1) is 0 Å². The Kier molecular flexibility index (Phi) is 7.62. The molecule has 2 aromatic rings. The first-order chi connectivity index (χ1) is 16.3. The highest BCUT2D eigenvalue weighted by molar-refractivity contribution is 5.92. The molecule has 186 valence electrons. The van der Waals surface area contributed by atoms with E-state index in [2.05, 4.69) is 20.1 Å². The average Bonchev–Trinajstić information content (AvgIpc) is 3.57. The van der Waals surface area contributed by atoms with Gasteiger partial charge < -0.3 is 19.5 Å². The van der Waals surface area contributed by atoms with Gasteiger partial charge in [-0.3, -0.25) is 14.4 Å². The normalized spacial score (nSPS) is 16.9. The minimum absolute atomic E-state index is 0.00934. The Hall–Kier alpha value is -2.79. The third-order valence-corrected chi connectivity index (χ3v) is 5.79. The van der Waals surface area contributed by atoms with Crippen LogP contribution in [-0.4, -0.2) is 66.4 Å². The van der Waals surface area contributed by atoms with E-state index in [1.54, 1.807) is 19.2 Å². The zero-order valence-corrected chi connectivity index (χ0v) is 19.1. The number of halogens is 3. The molecule has 1 N–H and O–H groups in total. The fourth-order valence-electron chi connectivity index (χ4n) is 3.83. The molecular weight excluding hydrogens is 453 g/mol. The third-order valence-electron chi connectivity index (χ3n) is 5.79. The largest absolute Gasteiger partial charge is 0.573 e. The van der Waals surface area contributed by atoms with Gasteiger partial charge in [-0.25, -0.2) is 0 Å². The zero-order valence-electron chi connectivity index (χ0n) is 19.1. The van der Waals surface area contributed by atoms with Gasteiger partial charge >= 0.3 is 6.36 Å². The number of amides is 1. The topological polar surface area (TPSA) is 77.9 Å². The van der Waals surface area contributed by atoms with Gasteiger partial charge in [0.1, 0.15) is 5.69 Å². The monoisotopic (exact) mass is 482 g/mol. The fraction of sp³-hybridized carbons (Fsp3) is 0.565. The molecule has 11 heteroatoms. The standard InChI is InChI=1S/C23H29F3N4O4/c1-29-19(14-18(28-29)17-4-5-17)22(31)27-15-16-3-6-20(21(13-16)34-23(24,25)26)33-10-2-7-30-8-11-32-12-9-30/h3,6,13-14,17H,2,4-5,7-12,15H2,1H3,(H,27,31). The summed E-state index contributed by atoms with van der Waals surface area (Å²) in [6.45, 7) is 4.11. The van der Waals surface area contributed by atoms with Crippen LogP contribution < -0.4 is 14.8 Å². The van der Waals surface area contributed by atoms with E-state index in [-0.39, 0.29) is 24.8 Å². The lowest BCUT2D eigenvalue weighted by atomic mass is 10.2. The Labute approximate surface area is 196 Å². The SMILES string of the molecule is Cn1nc(C2CC2)cc1C(=O)NCc1ccc(OCCCN2CCOCC2)c(OC(F)(F)F)c1. The van der Waals surface area contributed by atoms with Gasteiger partial charge in [-0.1, -0.05) is 6.07 Å². The molecule has 1 saturated heterocycles. The molecule has 34 heavy (non-hydrogen) atoms. The summed E-state index contributed by atoms with van der Waals surface area (Å²) in [6, 6.07) is 6.05. The molecule has 2 aliphatic rings. The fourth-order valence-corrected chi connectivity index (χ4v) is 3.83. The number of hydrogen-bond donors (Lipinski definition) is 1. The summed E-state index contributed by atoms with van der Waals surface area (Å²) >= 11 is 0. The Bertz CT molecular complexity index is 985. The molecule has 1 aromatic heterocycles. The highest BCUT2D eigenvalue weighted by Gasteiger charge is 2.33. The van der Waals surface area contributed by atoms with Crippen molar-refractivity contribution in [3.63, 3.8) is 0 Å². The number of hydrogen-bond acceptors (Lipinski definition) is 6. The van der Waals surface area contributed by atoms with E-state index in [1.165, 1.54) is 16.8 Å². The Morgan fingerprint density at radius 2 is 1.97 bits per heavy atom. The van der Waals surface area contributed by atoms with Crippen molar-refractivity contribution in [3.8, 4) is 11.5 Å². The van der Waals surface area contributed by atoms with Crippen molar-refractivity contribution < 1.29 is 32.2 Å². The summed E-state index contributed by atoms with van der Waals surface area (Å²) in [5, 5.41) is 7.10. The van der Waals surface area contributed by atoms with E-state index >= 15 is 0 Å². The number of carbonyl (C=O) groups excluding carboxylic acids is 1. The predicted molar refractivity (Wildman–Crippen MR) is 117 cm³/mol. The van der Waals surface area contributed by atoms with E-state index in [4.69, 9.17) is 9.47 Å². The van der Waals surface area contributed by atoms with Crippen LogP contribution in [0.15, 0.2) is 24.3 Å². The van der Waals surface area contributed by atoms with E-state index in [9.17, 15) is 18.0 Å². The second kappa shape index (κ2) is 10.6. The first-order valence-corrected chi connectivity index (χ1v) is 11.4. The van der Waals surface area contributed by atoms with E-state index in [1.807, 2.05) is 0 Å². The van der Waals surface area contributed by atoms with Crippen molar-refractivity contribution in [2.24, 2.45) is 7.05 Å². The maximum absolute atomic E-state index is 13.0. The van der Waals surface area contributed by atoms with Crippen molar-refractivity contribution >= 4 is 5.91 Å². The number of morpholine rings is 1. The summed E-state index contributed by atoms with van der Waals surface area (Å²) in [6.07, 6.45) is -2.05. The van der Waals surface area contributed by atoms with E-state index in [0.29, 0.717) is 36.8 Å². The lowest BCUT2D eigenvalue weighted by molar-refractivity contribution is -0.275. The van der Waals surface area contributed by atoms with Gasteiger partial charge in [0.15, 0.2) is 11.5 Å². The lowest BCUT2D eigenvalue weighted by Gasteiger charge is -2.26. The highest BCUT2D eigenvalue weighted by atomic mass is 19.4. The zero-order chi connectivity index (χ0) is 24.1. The molecule has 2 heterocycles. The molecule has 0 spiro atoms. The number of rotatable bonds is 10. The first kappa shape index (κ1) is 24.3. The molecule has 8 nitrogen and oxygen atoms in total. The quantitative estimate of drug-likeness (QED) is 0.524. The van der Waals surface area contributed by atoms with Gasteiger partial charge in [-0.05, 0) is 43.0 Å². The average molecular weight is 483 g/mol. The summed E-state index contributed by atoms with van der Waals surface area (Å²) < 4.78 is 55.5. The molecule has 1 aliphatic carbocycles. The van der Waals surface area contributed by atoms with Crippen LogP contribution in [0.1, 0.15) is 46.9 Å². The Balaban J connectivity index is 1.34. The predicted octanol–water partition coefficient (Wildman–Crippen LogP) is 3.23. The van der Waals surface area contributed by atoms with Gasteiger partial charge in [0.2, 0.25) is 0 Å². The second-order valence-electron chi connectivity index (χ2n) is 8.52. The number of alkyl halides is 3. The molecule has 1 aromatic carbocycles. The highest BCUT2D eigenvalue weighted by Crippen LogP contribution is 2.39. The molecule has 0 unspecified atom stereocenters. The minimum Gasteiger partial charge on any atom is -0.490 e. The van der Waals surface area contributed by atoms with Crippen molar-refractivity contribution in [3.05, 3.63) is 41.2 Å². The number of nitrogens with zero attached hydrogens (tertiary/aromatic N) is 3. The molecule has 0 bridgehead atoms. The van der Waals surface area contributed by atoms with Gasteiger partial charge in [-0.2, -0.15) is 5.10 Å². The van der Waals surface area contributed by atoms with Crippen molar-refractivity contribution in [1.29, 1.82) is 0 Å². The molecular formula is C23H29F3N4O4. The van der Waals surface area contributed by atoms with Crippen molar-refractivity contribution in [2.45, 2.75) is 38.1 Å². The Morgan fingerprint density at radius 1 is 1.21 bits per heavy atom. The van der Waals surface area contributed by atoms with Crippen LogP contribution >= 0.6 is 0 Å². The van der Waals surface area contributed by atoms with Gasteiger partial charge in [0.05, 0.1) is 25.5 Å². The Morgan fingerprint density at radius 3 is 2.68 bits per heavy atom. The number of aryl methyl sites for hydroxylation is 1. The lowest BCUT2D eigenvalue weighted by Crippen LogP contribution is -2.37. The third kappa shape index (κ3) is 6.86. The van der Waals surface area contributed by atoms with Crippen LogP contribution in [0.4, 0.5) is 13.2 Å². The van der Waals surface area contributed by atoms with Gasteiger partial charge in [0, 0.05) is 39.1 Å². The maximum Gasteiger partial charge on any atom is 0.573 e. The minimum atomic E-state index is -4.86. The smallest absolute Gasteiger partial charge is 0.490 e. The number of nitrogens with one attached hydrogen (secondary N) is 1. The van der Waals surface area contributed by atoms with Crippen molar-refractivity contribution in [1.82, 2.24) is 20.0 Å². The van der Waals surface area contributed by atoms with Gasteiger partial charge in [0.25, 0.3) is 5.91 Å². The van der Waals surface area contributed by atoms with Crippen LogP contribution in [-0.2, 0) is 18.3 Å².